The second-order valence-corrected chi connectivity index (χ2v) is 10.9. The van der Waals surface area contributed by atoms with Gasteiger partial charge in [0, 0.05) is 67.2 Å². The van der Waals surface area contributed by atoms with Gasteiger partial charge in [-0.05, 0) is 62.7 Å². The first-order valence-electron chi connectivity index (χ1n) is 14.0. The van der Waals surface area contributed by atoms with E-state index in [9.17, 15) is 18.8 Å². The Labute approximate surface area is 254 Å². The van der Waals surface area contributed by atoms with E-state index in [1.807, 2.05) is 24.3 Å². The maximum atomic E-state index is 14.3. The number of anilines is 3. The van der Waals surface area contributed by atoms with Gasteiger partial charge < -0.3 is 26.2 Å². The fraction of sp³-hybridized carbons (Fsp3) is 0.323. The molecule has 0 radical (unpaired) electrons. The van der Waals surface area contributed by atoms with Crippen LogP contribution in [0.5, 0.6) is 0 Å². The number of hydroxylamine groups is 1. The lowest BCUT2D eigenvalue weighted by Crippen LogP contribution is -2.44. The van der Waals surface area contributed by atoms with Crippen molar-refractivity contribution in [2.45, 2.75) is 26.2 Å². The van der Waals surface area contributed by atoms with Gasteiger partial charge >= 0.3 is 0 Å². The fourth-order valence-corrected chi connectivity index (χ4v) is 5.10. The minimum absolute atomic E-state index is 0.0104. The van der Waals surface area contributed by atoms with Gasteiger partial charge in [-0.25, -0.2) is 9.87 Å². The second kappa shape index (κ2) is 14.3. The number of carbonyl (C=O) groups excluding carboxylic acids is 3. The summed E-state index contributed by atoms with van der Waals surface area (Å²) >= 11 is 6.31. The third-order valence-corrected chi connectivity index (χ3v) is 8.00. The zero-order chi connectivity index (χ0) is 31.1. The largest absolute Gasteiger partial charge is 0.396 e. The third kappa shape index (κ3) is 7.81. The lowest BCUT2D eigenvalue weighted by molar-refractivity contribution is -0.129. The van der Waals surface area contributed by atoms with Crippen LogP contribution in [0.4, 0.5) is 21.5 Å². The monoisotopic (exact) mass is 610 g/mol. The fourth-order valence-electron chi connectivity index (χ4n) is 4.88. The van der Waals surface area contributed by atoms with Gasteiger partial charge in [-0.1, -0.05) is 29.8 Å². The Morgan fingerprint density at radius 2 is 1.70 bits per heavy atom. The molecule has 6 N–H and O–H groups in total. The Hall–Kier alpha value is -4.19. The number of benzene rings is 3. The van der Waals surface area contributed by atoms with Crippen LogP contribution >= 0.6 is 11.6 Å². The quantitative estimate of drug-likeness (QED) is 0.0989. The lowest BCUT2D eigenvalue weighted by Gasteiger charge is -2.34. The normalized spacial score (nSPS) is 13.5. The highest BCUT2D eigenvalue weighted by Crippen LogP contribution is 2.33. The number of amides is 3. The third-order valence-electron chi connectivity index (χ3n) is 7.51. The molecular formula is C31H36ClFN6O4. The number of piperazine rings is 1. The van der Waals surface area contributed by atoms with Crippen molar-refractivity contribution >= 4 is 46.4 Å². The van der Waals surface area contributed by atoms with Crippen molar-refractivity contribution in [2.24, 2.45) is 0 Å². The minimum Gasteiger partial charge on any atom is -0.396 e. The summed E-state index contributed by atoms with van der Waals surface area (Å²) < 4.78 is 14.3. The Balaban J connectivity index is 1.59. The summed E-state index contributed by atoms with van der Waals surface area (Å²) in [6, 6.07) is 14.2. The molecule has 0 aliphatic carbocycles. The van der Waals surface area contributed by atoms with Crippen LogP contribution in [0.2, 0.25) is 5.02 Å². The molecule has 3 aromatic carbocycles. The number of likely N-dealkylation sites (N-methyl/N-ethyl adjacent to an activating group) is 1. The molecule has 0 aromatic heterocycles. The minimum atomic E-state index is -0.682. The molecule has 4 rings (SSSR count). The van der Waals surface area contributed by atoms with Gasteiger partial charge in [0.2, 0.25) is 5.91 Å². The highest BCUT2D eigenvalue weighted by molar-refractivity contribution is 6.35. The van der Waals surface area contributed by atoms with Crippen LogP contribution in [-0.2, 0) is 4.79 Å². The molecule has 3 aromatic rings. The van der Waals surface area contributed by atoms with Crippen molar-refractivity contribution in [3.8, 4) is 11.1 Å². The Morgan fingerprint density at radius 1 is 1.00 bits per heavy atom. The molecule has 0 saturated carbocycles. The first kappa shape index (κ1) is 31.7. The van der Waals surface area contributed by atoms with Gasteiger partial charge in [0.15, 0.2) is 5.82 Å². The molecule has 1 fully saturated rings. The smallest absolute Gasteiger partial charge is 0.257 e. The van der Waals surface area contributed by atoms with Crippen molar-refractivity contribution < 1.29 is 24.0 Å². The van der Waals surface area contributed by atoms with Gasteiger partial charge in [0.25, 0.3) is 11.8 Å². The Kier molecular flexibility index (Phi) is 10.6. The highest BCUT2D eigenvalue weighted by atomic mass is 35.5. The van der Waals surface area contributed by atoms with Crippen molar-refractivity contribution in [1.82, 2.24) is 15.7 Å². The number of halogens is 2. The molecule has 0 atom stereocenters. The van der Waals surface area contributed by atoms with Gasteiger partial charge in [-0.15, -0.1) is 0 Å². The zero-order valence-electron chi connectivity index (χ0n) is 24.2. The molecule has 0 spiro atoms. The summed E-state index contributed by atoms with van der Waals surface area (Å²) in [6.45, 7) is 5.58. The number of nitrogens with one attached hydrogen (secondary N) is 3. The molecule has 1 saturated heterocycles. The van der Waals surface area contributed by atoms with Gasteiger partial charge in [0.05, 0.1) is 16.3 Å². The molecule has 10 nitrogen and oxygen atoms in total. The topological polar surface area (TPSA) is 140 Å². The van der Waals surface area contributed by atoms with E-state index in [1.165, 1.54) is 13.0 Å². The van der Waals surface area contributed by atoms with Crippen LogP contribution in [0.25, 0.3) is 11.1 Å². The lowest BCUT2D eigenvalue weighted by atomic mass is 10.00. The summed E-state index contributed by atoms with van der Waals surface area (Å²) in [4.78, 5) is 42.1. The van der Waals surface area contributed by atoms with Crippen LogP contribution < -0.4 is 26.7 Å². The molecule has 1 aliphatic rings. The Bertz CT molecular complexity index is 1490. The van der Waals surface area contributed by atoms with E-state index in [4.69, 9.17) is 22.5 Å². The first-order valence-corrected chi connectivity index (χ1v) is 14.4. The van der Waals surface area contributed by atoms with E-state index in [0.717, 1.165) is 37.4 Å². The van der Waals surface area contributed by atoms with Gasteiger partial charge in [-0.3, -0.25) is 19.6 Å². The molecule has 0 unspecified atom stereocenters. The standard InChI is InChI=1S/C31H36ClFN6O4/c1-19-28(32)24(18-25(34)29(19)33)31(42)36-26-17-21(30(41)35-12-4-3-5-27(40)37-43)8-11-23(26)20-6-9-22(10-7-20)39-15-13-38(2)14-16-39/h6-11,17-18,43H,3-5,12-16,34H2,1-2H3,(H,35,41)(H,36,42)(H,37,40). The number of hydrogen-bond donors (Lipinski definition) is 5. The van der Waals surface area contributed by atoms with E-state index < -0.39 is 17.6 Å². The van der Waals surface area contributed by atoms with Crippen LogP contribution in [0.3, 0.4) is 0 Å². The van der Waals surface area contributed by atoms with E-state index in [1.54, 1.807) is 23.7 Å². The number of nitrogens with two attached hydrogens (primary N) is 1. The number of nitrogens with zero attached hydrogens (tertiary/aromatic N) is 2. The average molecular weight is 611 g/mol. The summed E-state index contributed by atoms with van der Waals surface area (Å²) in [6.07, 6.45) is 1.16. The predicted octanol–water partition coefficient (Wildman–Crippen LogP) is 4.45. The summed E-state index contributed by atoms with van der Waals surface area (Å²) in [7, 11) is 2.11. The highest BCUT2D eigenvalue weighted by Gasteiger charge is 2.21. The van der Waals surface area contributed by atoms with Crippen molar-refractivity contribution in [1.29, 1.82) is 0 Å². The number of rotatable bonds is 10. The second-order valence-electron chi connectivity index (χ2n) is 10.6. The van der Waals surface area contributed by atoms with Crippen LogP contribution in [0.1, 0.15) is 45.5 Å². The molecule has 1 aliphatic heterocycles. The van der Waals surface area contributed by atoms with Gasteiger partial charge in [-0.2, -0.15) is 0 Å². The average Bonchev–Trinajstić information content (AvgIpc) is 3.01. The van der Waals surface area contributed by atoms with E-state index in [0.29, 0.717) is 36.2 Å². The van der Waals surface area contributed by atoms with Crippen molar-refractivity contribution in [3.05, 3.63) is 76.1 Å². The van der Waals surface area contributed by atoms with E-state index in [-0.39, 0.29) is 34.2 Å². The molecular weight excluding hydrogens is 575 g/mol. The van der Waals surface area contributed by atoms with Crippen LogP contribution in [-0.4, -0.2) is 67.6 Å². The van der Waals surface area contributed by atoms with E-state index in [2.05, 4.69) is 27.5 Å². The van der Waals surface area contributed by atoms with E-state index >= 15 is 0 Å². The van der Waals surface area contributed by atoms with Crippen molar-refractivity contribution in [2.75, 3.05) is 55.7 Å². The summed E-state index contributed by atoms with van der Waals surface area (Å²) in [5.41, 5.74) is 10.5. The number of hydrogen-bond acceptors (Lipinski definition) is 7. The first-order chi connectivity index (χ1) is 20.6. The Morgan fingerprint density at radius 3 is 2.37 bits per heavy atom. The molecule has 12 heteroatoms. The summed E-state index contributed by atoms with van der Waals surface area (Å²) in [5, 5.41) is 14.2. The summed E-state index contributed by atoms with van der Waals surface area (Å²) in [5.74, 6) is -2.13. The maximum Gasteiger partial charge on any atom is 0.257 e. The van der Waals surface area contributed by atoms with Crippen molar-refractivity contribution in [3.63, 3.8) is 0 Å². The van der Waals surface area contributed by atoms with Gasteiger partial charge in [0.1, 0.15) is 0 Å². The number of nitrogen functional groups attached to an aromatic ring is 1. The zero-order valence-corrected chi connectivity index (χ0v) is 24.9. The van der Waals surface area contributed by atoms with Crippen LogP contribution in [0.15, 0.2) is 48.5 Å². The molecule has 43 heavy (non-hydrogen) atoms. The molecule has 1 heterocycles. The molecule has 0 bridgehead atoms. The maximum absolute atomic E-state index is 14.3. The molecule has 228 valence electrons. The number of carbonyl (C=O) groups is 3. The SMILES string of the molecule is Cc1c(F)c(N)cc(C(=O)Nc2cc(C(=O)NCCCCC(=O)NO)ccc2-c2ccc(N3CCN(C)CC3)cc2)c1Cl. The molecule has 3 amide bonds. The number of unbranched alkanes of at least 4 members (excludes halogenated alkanes) is 1. The van der Waals surface area contributed by atoms with Crippen LogP contribution in [0, 0.1) is 12.7 Å². The predicted molar refractivity (Wildman–Crippen MR) is 166 cm³/mol.